The van der Waals surface area contributed by atoms with Crippen molar-refractivity contribution in [3.8, 4) is 34.3 Å². The smallest absolute Gasteiger partial charge is 0.320 e. The molecule has 1 aromatic heterocycles. The summed E-state index contributed by atoms with van der Waals surface area (Å²) >= 11 is 0. The molecule has 29 heteroatoms. The van der Waals surface area contributed by atoms with Crippen LogP contribution in [0.4, 0.5) is 0 Å². The predicted molar refractivity (Wildman–Crippen MR) is 305 cm³/mol. The number of carboxylic acids is 4. The largest absolute Gasteiger partial charge is 0.508 e. The molecule has 1 radical (unpaired) electrons. The molecule has 2 heterocycles. The van der Waals surface area contributed by atoms with Crippen molar-refractivity contribution in [2.75, 3.05) is 152 Å². The van der Waals surface area contributed by atoms with E-state index in [2.05, 4.69) is 20.8 Å². The third-order valence-corrected chi connectivity index (χ3v) is 13.7. The number of likely N-dealkylation sites (tertiary alicyclic amines) is 1. The number of hydrogen-bond acceptors (Lipinski definition) is 20. The van der Waals surface area contributed by atoms with E-state index >= 15 is 0 Å². The Morgan fingerprint density at radius 2 is 1.24 bits per heavy atom. The van der Waals surface area contributed by atoms with E-state index in [-0.39, 0.29) is 188 Å². The van der Waals surface area contributed by atoms with Gasteiger partial charge in [0.1, 0.15) is 29.4 Å². The van der Waals surface area contributed by atoms with Crippen molar-refractivity contribution < 1.29 is 125 Å². The molecule has 0 bridgehead atoms. The van der Waals surface area contributed by atoms with Crippen LogP contribution in [0.5, 0.6) is 17.2 Å². The summed E-state index contributed by atoms with van der Waals surface area (Å²) in [5.74, 6) is -4.64. The van der Waals surface area contributed by atoms with Crippen LogP contribution < -0.4 is 15.4 Å². The van der Waals surface area contributed by atoms with Gasteiger partial charge < -0.3 is 69.9 Å². The number of carbonyl (C=O) groups is 7. The maximum atomic E-state index is 13.1. The summed E-state index contributed by atoms with van der Waals surface area (Å²) in [5.41, 5.74) is 1.46. The summed E-state index contributed by atoms with van der Waals surface area (Å²) in [6, 6.07) is 8.99. The van der Waals surface area contributed by atoms with Crippen molar-refractivity contribution in [3.63, 3.8) is 0 Å². The number of nitrogens with zero attached hydrogens (tertiary/aromatic N) is 8. The van der Waals surface area contributed by atoms with Gasteiger partial charge in [-0.3, -0.25) is 57.7 Å². The third-order valence-electron chi connectivity index (χ3n) is 13.7. The van der Waals surface area contributed by atoms with Crippen LogP contribution in [0.25, 0.3) is 17.1 Å². The second-order valence-electron chi connectivity index (χ2n) is 20.4. The van der Waals surface area contributed by atoms with Crippen LogP contribution in [0.15, 0.2) is 36.4 Å². The van der Waals surface area contributed by atoms with Gasteiger partial charge in [-0.05, 0) is 68.8 Å². The van der Waals surface area contributed by atoms with Crippen LogP contribution in [0.1, 0.15) is 81.9 Å². The number of ether oxygens (including phenoxy) is 5. The molecule has 85 heavy (non-hydrogen) atoms. The minimum absolute atomic E-state index is 0. The zero-order valence-electron chi connectivity index (χ0n) is 49.2. The standard InChI is InChI=1S/C56H86N10O18.Lu/c1-6-57-55(77)54-60-59-53(44-34-43(39(3)4)46(67)35-47(44)68)66(54)40-8-10-41(11-9-40)84-42-14-18-65(19-15-42)49(70)16-26-80-28-30-82-32-33-83-31-29-81-27-17-58-48(69)13-12-45(56(78)79)64(7-2)25-24-63(38-52(75)76)23-22-62(37-51(73)74)21-20-61(5)36-50(71)72;/h8-11,34-35,39,42,45,67-68H,6-7,12-33,36-38H2,1-5H3,(H,57,77)(H,58,69)(H,71,72)(H,73,74)(H,75,76)(H,78,79);/t45-;/m0./s1. The van der Waals surface area contributed by atoms with Crippen molar-refractivity contribution >= 4 is 41.6 Å². The minimum Gasteiger partial charge on any atom is -0.508 e. The summed E-state index contributed by atoms with van der Waals surface area (Å²) in [6.45, 7) is 11.9. The fourth-order valence-corrected chi connectivity index (χ4v) is 9.21. The Kier molecular flexibility index (Phi) is 34.4. The van der Waals surface area contributed by atoms with Crippen LogP contribution in [-0.4, -0.2) is 275 Å². The van der Waals surface area contributed by atoms with Crippen LogP contribution in [0.2, 0.25) is 0 Å². The molecule has 4 rings (SSSR count). The summed E-state index contributed by atoms with van der Waals surface area (Å²) in [4.78, 5) is 93.2. The fourth-order valence-electron chi connectivity index (χ4n) is 9.21. The van der Waals surface area contributed by atoms with Crippen LogP contribution in [-0.2, 0) is 47.7 Å². The molecule has 0 unspecified atom stereocenters. The molecule has 1 saturated heterocycles. The molecule has 1 aliphatic heterocycles. The van der Waals surface area contributed by atoms with Gasteiger partial charge in [0.05, 0.1) is 84.5 Å². The number of phenolic OH excluding ortho intramolecular Hbond substituents is 2. The first-order valence-electron chi connectivity index (χ1n) is 28.4. The average molecular weight is 1360 g/mol. The number of rotatable bonds is 43. The van der Waals surface area contributed by atoms with Gasteiger partial charge in [-0.1, -0.05) is 20.8 Å². The van der Waals surface area contributed by atoms with E-state index in [1.54, 1.807) is 75.4 Å². The Bertz CT molecular complexity index is 2550. The number of likely N-dealkylation sites (N-methyl/N-ethyl adjacent to an activating group) is 2. The van der Waals surface area contributed by atoms with E-state index in [9.17, 15) is 59.1 Å². The van der Waals surface area contributed by atoms with E-state index in [4.69, 9.17) is 28.8 Å². The normalized spacial score (nSPS) is 13.1. The van der Waals surface area contributed by atoms with Gasteiger partial charge in [0.2, 0.25) is 17.6 Å². The molecule has 1 atom stereocenters. The number of nitrogens with one attached hydrogen (secondary N) is 2. The van der Waals surface area contributed by atoms with Gasteiger partial charge in [-0.15, -0.1) is 10.2 Å². The van der Waals surface area contributed by atoms with Gasteiger partial charge in [-0.25, -0.2) is 0 Å². The second kappa shape index (κ2) is 39.8. The Hall–Kier alpha value is -5.82. The SMILES string of the molecule is CCNC(=O)c1nnc(-c2cc(C(C)C)c(O)cc2O)n1-c1ccc(OC2CCN(C(=O)CCOCCOCCOCCOCCNC(=O)CC[C@@H](C(=O)O)N(CC)CCN(CCN(CCN(C)CC(=O)O)CC(=O)O)CC(=O)O)CC2)cc1.[Lu]. The Morgan fingerprint density at radius 1 is 0.682 bits per heavy atom. The van der Waals surface area contributed by atoms with Crippen molar-refractivity contribution in [2.24, 2.45) is 0 Å². The Balaban J connectivity index is 0.0000189. The summed E-state index contributed by atoms with van der Waals surface area (Å²) in [7, 11) is 1.59. The van der Waals surface area contributed by atoms with Gasteiger partial charge in [0.15, 0.2) is 5.82 Å². The molecule has 0 aliphatic carbocycles. The van der Waals surface area contributed by atoms with Gasteiger partial charge in [0, 0.05) is 133 Å². The number of benzene rings is 2. The Morgan fingerprint density at radius 3 is 1.78 bits per heavy atom. The molecule has 1 fully saturated rings. The van der Waals surface area contributed by atoms with E-state index in [1.165, 1.54) is 11.0 Å². The van der Waals surface area contributed by atoms with Crippen molar-refractivity contribution in [1.82, 2.24) is 49.9 Å². The first-order chi connectivity index (χ1) is 40.2. The van der Waals surface area contributed by atoms with E-state index in [0.29, 0.717) is 94.6 Å². The zero-order chi connectivity index (χ0) is 61.6. The number of aliphatic carboxylic acids is 4. The molecule has 0 spiro atoms. The minimum atomic E-state index is -1.13. The van der Waals surface area contributed by atoms with Gasteiger partial charge in [0.25, 0.3) is 5.91 Å². The quantitative estimate of drug-likeness (QED) is 0.0372. The second-order valence-corrected chi connectivity index (χ2v) is 20.4. The molecular formula is C56H86LuN10O18. The first-order valence-corrected chi connectivity index (χ1v) is 28.4. The maximum absolute atomic E-state index is 13.1. The average Bonchev–Trinajstić information content (AvgIpc) is 3.63. The summed E-state index contributed by atoms with van der Waals surface area (Å²) in [6.07, 6.45) is 1.32. The van der Waals surface area contributed by atoms with E-state index in [0.717, 1.165) is 0 Å². The monoisotopic (exact) mass is 1360 g/mol. The van der Waals surface area contributed by atoms with Crippen molar-refractivity contribution in [2.45, 2.75) is 77.9 Å². The molecule has 0 saturated carbocycles. The fraction of sp³-hybridized carbons (Fsp3) is 0.625. The predicted octanol–water partition coefficient (Wildman–Crippen LogP) is 1.51. The van der Waals surface area contributed by atoms with E-state index in [1.807, 2.05) is 13.8 Å². The molecule has 3 amide bonds. The number of hydrogen-bond donors (Lipinski definition) is 8. The number of carbonyl (C=O) groups excluding carboxylic acids is 3. The number of amides is 3. The number of piperidine rings is 1. The number of phenols is 2. The molecule has 483 valence electrons. The molecule has 28 nitrogen and oxygen atoms in total. The van der Waals surface area contributed by atoms with Crippen molar-refractivity contribution in [3.05, 3.63) is 47.8 Å². The molecule has 8 N–H and O–H groups in total. The summed E-state index contributed by atoms with van der Waals surface area (Å²) < 4.78 is 30.1. The molecule has 3 aromatic rings. The van der Waals surface area contributed by atoms with Gasteiger partial charge >= 0.3 is 23.9 Å². The molecular weight excluding hydrogens is 1280 g/mol. The third kappa shape index (κ3) is 26.8. The molecule has 1 aliphatic rings. The maximum Gasteiger partial charge on any atom is 0.320 e. The van der Waals surface area contributed by atoms with Crippen LogP contribution in [0.3, 0.4) is 0 Å². The molecule has 2 aromatic carbocycles. The summed E-state index contributed by atoms with van der Waals surface area (Å²) in [5, 5.41) is 73.1. The topological polar surface area (TPSA) is 358 Å². The Labute approximate surface area is 524 Å². The van der Waals surface area contributed by atoms with E-state index < -0.39 is 35.8 Å². The number of carboxylic acid groups (broad SMARTS) is 4. The first kappa shape index (κ1) is 73.4. The van der Waals surface area contributed by atoms with Crippen LogP contribution in [0, 0.1) is 36.9 Å². The van der Waals surface area contributed by atoms with Gasteiger partial charge in [-0.2, -0.15) is 0 Å². The number of aromatic hydroxyl groups is 2. The zero-order valence-corrected chi connectivity index (χ0v) is 50.9. The van der Waals surface area contributed by atoms with Crippen LogP contribution >= 0.6 is 0 Å². The number of aromatic nitrogens is 3. The van der Waals surface area contributed by atoms with Crippen molar-refractivity contribution in [1.29, 1.82) is 0 Å².